The van der Waals surface area contributed by atoms with Gasteiger partial charge in [-0.2, -0.15) is 5.26 Å². The van der Waals surface area contributed by atoms with Crippen molar-refractivity contribution in [1.29, 1.82) is 5.26 Å². The molecule has 0 fully saturated rings. The summed E-state index contributed by atoms with van der Waals surface area (Å²) in [5.41, 5.74) is 2.33. The summed E-state index contributed by atoms with van der Waals surface area (Å²) in [6, 6.07) is 24.7. The van der Waals surface area contributed by atoms with Crippen molar-refractivity contribution in [3.63, 3.8) is 0 Å². The first-order valence-corrected chi connectivity index (χ1v) is 10.9. The van der Waals surface area contributed by atoms with Gasteiger partial charge in [-0.25, -0.2) is 4.79 Å². The number of ether oxygens (including phenoxy) is 3. The van der Waals surface area contributed by atoms with E-state index in [1.807, 2.05) is 0 Å². The first-order chi connectivity index (χ1) is 17.5. The maximum atomic E-state index is 12.6. The summed E-state index contributed by atoms with van der Waals surface area (Å²) in [7, 11) is 3.13. The lowest BCUT2D eigenvalue weighted by atomic mass is 9.98. The van der Waals surface area contributed by atoms with E-state index in [0.29, 0.717) is 39.5 Å². The number of anilines is 1. The van der Waals surface area contributed by atoms with Gasteiger partial charge in [0.15, 0.2) is 6.61 Å². The Morgan fingerprint density at radius 3 is 2.00 bits per heavy atom. The highest BCUT2D eigenvalue weighted by Crippen LogP contribution is 2.42. The molecule has 180 valence electrons. The molecule has 0 saturated carbocycles. The Hall–Kier alpha value is -5.03. The van der Waals surface area contributed by atoms with Crippen LogP contribution in [-0.4, -0.2) is 32.7 Å². The second-order valence-electron chi connectivity index (χ2n) is 7.57. The molecular formula is C28H22N2O6. The molecule has 1 heterocycles. The summed E-state index contributed by atoms with van der Waals surface area (Å²) in [4.78, 5) is 24.7. The Kier molecular flexibility index (Phi) is 7.32. The SMILES string of the molecule is COc1ccc(-c2oc(NC(=O)COC(=O)c3ccccc3)c(C#N)c2-c2ccc(OC)cc2)cc1. The summed E-state index contributed by atoms with van der Waals surface area (Å²) in [5, 5.41) is 12.6. The molecule has 0 aliphatic carbocycles. The molecule has 0 saturated heterocycles. The maximum absolute atomic E-state index is 12.6. The fourth-order valence-corrected chi connectivity index (χ4v) is 3.56. The second-order valence-corrected chi connectivity index (χ2v) is 7.57. The topological polar surface area (TPSA) is 111 Å². The number of nitrogens with one attached hydrogen (secondary N) is 1. The van der Waals surface area contributed by atoms with Crippen molar-refractivity contribution in [2.45, 2.75) is 0 Å². The highest BCUT2D eigenvalue weighted by atomic mass is 16.5. The Labute approximate surface area is 207 Å². The van der Waals surface area contributed by atoms with Gasteiger partial charge in [0.1, 0.15) is 28.9 Å². The predicted octanol–water partition coefficient (Wildman–Crippen LogP) is 5.30. The lowest BCUT2D eigenvalue weighted by Gasteiger charge is -2.06. The van der Waals surface area contributed by atoms with Crippen LogP contribution in [0.25, 0.3) is 22.5 Å². The largest absolute Gasteiger partial charge is 0.497 e. The molecule has 3 aromatic carbocycles. The molecule has 0 radical (unpaired) electrons. The second kappa shape index (κ2) is 10.9. The van der Waals surface area contributed by atoms with Crippen LogP contribution >= 0.6 is 0 Å². The van der Waals surface area contributed by atoms with Gasteiger partial charge in [0.25, 0.3) is 5.91 Å². The van der Waals surface area contributed by atoms with Gasteiger partial charge in [0.2, 0.25) is 5.88 Å². The van der Waals surface area contributed by atoms with Gasteiger partial charge in [-0.15, -0.1) is 0 Å². The molecule has 1 N–H and O–H groups in total. The number of hydrogen-bond acceptors (Lipinski definition) is 7. The van der Waals surface area contributed by atoms with Crippen molar-refractivity contribution in [3.05, 3.63) is 90.0 Å². The zero-order chi connectivity index (χ0) is 25.5. The van der Waals surface area contributed by atoms with Crippen LogP contribution in [0.1, 0.15) is 15.9 Å². The smallest absolute Gasteiger partial charge is 0.338 e. The van der Waals surface area contributed by atoms with E-state index < -0.39 is 18.5 Å². The third-order valence-corrected chi connectivity index (χ3v) is 5.35. The number of rotatable bonds is 8. The van der Waals surface area contributed by atoms with Crippen LogP contribution < -0.4 is 14.8 Å². The number of hydrogen-bond donors (Lipinski definition) is 1. The molecule has 0 unspecified atom stereocenters. The molecule has 0 bridgehead atoms. The van der Waals surface area contributed by atoms with Crippen molar-refractivity contribution in [3.8, 4) is 40.0 Å². The first kappa shape index (κ1) is 24.1. The van der Waals surface area contributed by atoms with E-state index in [2.05, 4.69) is 11.4 Å². The summed E-state index contributed by atoms with van der Waals surface area (Å²) in [5.74, 6) is 0.368. The molecule has 0 spiro atoms. The van der Waals surface area contributed by atoms with Gasteiger partial charge in [0, 0.05) is 11.1 Å². The Morgan fingerprint density at radius 2 is 1.44 bits per heavy atom. The third kappa shape index (κ3) is 5.21. The fourth-order valence-electron chi connectivity index (χ4n) is 3.56. The summed E-state index contributed by atoms with van der Waals surface area (Å²) in [6.45, 7) is -0.547. The van der Waals surface area contributed by atoms with Crippen molar-refractivity contribution >= 4 is 17.8 Å². The molecular weight excluding hydrogens is 460 g/mol. The van der Waals surface area contributed by atoms with Crippen molar-refractivity contribution in [1.82, 2.24) is 0 Å². The van der Waals surface area contributed by atoms with Crippen molar-refractivity contribution < 1.29 is 28.2 Å². The average Bonchev–Trinajstić information content (AvgIpc) is 3.30. The molecule has 1 amide bonds. The highest BCUT2D eigenvalue weighted by molar-refractivity contribution is 5.98. The number of carbonyl (C=O) groups is 2. The number of nitriles is 1. The zero-order valence-corrected chi connectivity index (χ0v) is 19.6. The van der Waals surface area contributed by atoms with E-state index >= 15 is 0 Å². The maximum Gasteiger partial charge on any atom is 0.338 e. The number of methoxy groups -OCH3 is 2. The van der Waals surface area contributed by atoms with Crippen LogP contribution in [0.2, 0.25) is 0 Å². The fraction of sp³-hybridized carbons (Fsp3) is 0.107. The Bertz CT molecular complexity index is 1400. The van der Waals surface area contributed by atoms with Crippen LogP contribution in [0, 0.1) is 11.3 Å². The molecule has 0 aliphatic heterocycles. The third-order valence-electron chi connectivity index (χ3n) is 5.35. The van der Waals surface area contributed by atoms with E-state index in [9.17, 15) is 14.9 Å². The minimum atomic E-state index is -0.646. The normalized spacial score (nSPS) is 10.2. The molecule has 4 aromatic rings. The molecule has 0 aliphatic rings. The van der Waals surface area contributed by atoms with Gasteiger partial charge in [-0.3, -0.25) is 10.1 Å². The summed E-state index contributed by atoms with van der Waals surface area (Å²) in [6.07, 6.45) is 0. The van der Waals surface area contributed by atoms with Gasteiger partial charge >= 0.3 is 5.97 Å². The molecule has 0 atom stereocenters. The van der Waals surface area contributed by atoms with Crippen molar-refractivity contribution in [2.75, 3.05) is 26.1 Å². The minimum absolute atomic E-state index is 0.0464. The number of nitrogens with zero attached hydrogens (tertiary/aromatic N) is 1. The number of amides is 1. The van der Waals surface area contributed by atoms with Gasteiger partial charge in [-0.05, 0) is 54.1 Å². The average molecular weight is 482 g/mol. The zero-order valence-electron chi connectivity index (χ0n) is 19.6. The highest BCUT2D eigenvalue weighted by Gasteiger charge is 2.25. The number of esters is 1. The van der Waals surface area contributed by atoms with Gasteiger partial charge < -0.3 is 18.6 Å². The van der Waals surface area contributed by atoms with E-state index in [-0.39, 0.29) is 11.4 Å². The van der Waals surface area contributed by atoms with E-state index in [0.717, 1.165) is 0 Å². The first-order valence-electron chi connectivity index (χ1n) is 10.9. The summed E-state index contributed by atoms with van der Waals surface area (Å²) < 4.78 is 21.6. The standard InChI is InChI=1S/C28H22N2O6/c1-33-21-12-8-18(9-13-21)25-23(16-29)27(36-26(25)19-10-14-22(34-2)15-11-19)30-24(31)17-35-28(32)20-6-4-3-5-7-20/h3-15H,17H2,1-2H3,(H,30,31). The quantitative estimate of drug-likeness (QED) is 0.339. The van der Waals surface area contributed by atoms with Gasteiger partial charge in [0.05, 0.1) is 19.8 Å². The lowest BCUT2D eigenvalue weighted by Crippen LogP contribution is -2.21. The molecule has 1 aromatic heterocycles. The lowest BCUT2D eigenvalue weighted by molar-refractivity contribution is -0.119. The van der Waals surface area contributed by atoms with E-state index in [1.54, 1.807) is 93.1 Å². The van der Waals surface area contributed by atoms with Crippen LogP contribution in [0.4, 0.5) is 5.88 Å². The Balaban J connectivity index is 1.65. The van der Waals surface area contributed by atoms with Crippen molar-refractivity contribution in [2.24, 2.45) is 0 Å². The van der Waals surface area contributed by atoms with Crippen LogP contribution in [0.3, 0.4) is 0 Å². The van der Waals surface area contributed by atoms with E-state index in [4.69, 9.17) is 18.6 Å². The van der Waals surface area contributed by atoms with E-state index in [1.165, 1.54) is 0 Å². The molecule has 8 nitrogen and oxygen atoms in total. The molecule has 36 heavy (non-hydrogen) atoms. The number of furan rings is 1. The Morgan fingerprint density at radius 1 is 0.861 bits per heavy atom. The number of carbonyl (C=O) groups excluding carboxylic acids is 2. The monoisotopic (exact) mass is 482 g/mol. The van der Waals surface area contributed by atoms with Crippen LogP contribution in [0.15, 0.2) is 83.3 Å². The molecule has 4 rings (SSSR count). The molecule has 8 heteroatoms. The number of benzene rings is 3. The minimum Gasteiger partial charge on any atom is -0.497 e. The van der Waals surface area contributed by atoms with Crippen LogP contribution in [-0.2, 0) is 9.53 Å². The van der Waals surface area contributed by atoms with Gasteiger partial charge in [-0.1, -0.05) is 30.3 Å². The van der Waals surface area contributed by atoms with Crippen LogP contribution in [0.5, 0.6) is 11.5 Å². The predicted molar refractivity (Wildman–Crippen MR) is 133 cm³/mol. The summed E-state index contributed by atoms with van der Waals surface area (Å²) >= 11 is 0.